The number of hydrogen-bond acceptors (Lipinski definition) is 5. The molecule has 0 unspecified atom stereocenters. The van der Waals surface area contributed by atoms with Crippen LogP contribution in [0.3, 0.4) is 0 Å². The Hall–Kier alpha value is -3.61. The lowest BCUT2D eigenvalue weighted by Gasteiger charge is -2.11. The van der Waals surface area contributed by atoms with E-state index in [2.05, 4.69) is 15.3 Å². The van der Waals surface area contributed by atoms with Gasteiger partial charge < -0.3 is 19.5 Å². The Balaban J connectivity index is 1.60. The highest BCUT2D eigenvalue weighted by molar-refractivity contribution is 5.93. The minimum Gasteiger partial charge on any atom is -0.490 e. The lowest BCUT2D eigenvalue weighted by Crippen LogP contribution is -2.30. The highest BCUT2D eigenvalue weighted by Crippen LogP contribution is 2.31. The van der Waals surface area contributed by atoms with Crippen molar-refractivity contribution < 1.29 is 13.9 Å². The first-order valence-corrected chi connectivity index (χ1v) is 9.02. The number of ether oxygens (including phenoxy) is 1. The van der Waals surface area contributed by atoms with Gasteiger partial charge in [-0.25, -0.2) is 4.98 Å². The molecule has 0 radical (unpaired) electrons. The molecule has 0 saturated heterocycles. The number of H-pyrrole nitrogens is 1. The van der Waals surface area contributed by atoms with E-state index in [9.17, 15) is 9.59 Å². The summed E-state index contributed by atoms with van der Waals surface area (Å²) in [6, 6.07) is 14.0. The molecule has 0 fully saturated rings. The molecule has 2 N–H and O–H groups in total. The van der Waals surface area contributed by atoms with Gasteiger partial charge in [0.25, 0.3) is 11.5 Å². The molecular weight excluding hydrogens is 358 g/mol. The van der Waals surface area contributed by atoms with Gasteiger partial charge in [0.05, 0.1) is 23.6 Å². The maximum absolute atomic E-state index is 12.6. The summed E-state index contributed by atoms with van der Waals surface area (Å²) in [6.45, 7) is 4.24. The van der Waals surface area contributed by atoms with Gasteiger partial charge in [-0.1, -0.05) is 24.3 Å². The third-order valence-corrected chi connectivity index (χ3v) is 4.43. The fourth-order valence-electron chi connectivity index (χ4n) is 3.07. The largest absolute Gasteiger partial charge is 0.490 e. The lowest BCUT2D eigenvalue weighted by molar-refractivity contribution is 0.0925. The second-order valence-corrected chi connectivity index (χ2v) is 6.38. The molecular formula is C21H19N3O4. The molecule has 2 heterocycles. The van der Waals surface area contributed by atoms with Crippen molar-refractivity contribution in [3.8, 4) is 5.75 Å². The van der Waals surface area contributed by atoms with E-state index >= 15 is 0 Å². The van der Waals surface area contributed by atoms with Gasteiger partial charge in [0, 0.05) is 5.39 Å². The van der Waals surface area contributed by atoms with E-state index < -0.39 is 11.9 Å². The van der Waals surface area contributed by atoms with E-state index in [0.717, 1.165) is 5.39 Å². The molecule has 1 amide bonds. The fourth-order valence-corrected chi connectivity index (χ4v) is 3.07. The van der Waals surface area contributed by atoms with Crippen LogP contribution < -0.4 is 15.6 Å². The van der Waals surface area contributed by atoms with E-state index in [1.807, 2.05) is 31.2 Å². The molecule has 0 aliphatic rings. The van der Waals surface area contributed by atoms with Gasteiger partial charge in [-0.05, 0) is 38.1 Å². The van der Waals surface area contributed by atoms with E-state index in [0.29, 0.717) is 34.6 Å². The first kappa shape index (κ1) is 17.8. The molecule has 2 aromatic carbocycles. The van der Waals surface area contributed by atoms with Crippen molar-refractivity contribution in [3.05, 3.63) is 70.5 Å². The zero-order chi connectivity index (χ0) is 19.7. The first-order chi connectivity index (χ1) is 13.6. The summed E-state index contributed by atoms with van der Waals surface area (Å²) in [7, 11) is 0. The standard InChI is InChI=1S/C21H19N3O4/c1-3-27-16-10-6-7-13-11-17(28-18(13)16)12(2)22-21(26)19-23-15-9-5-4-8-14(15)20(25)24-19/h4-12H,3H2,1-2H3,(H,22,26)(H,23,24,25)/t12-/m1/s1. The van der Waals surface area contributed by atoms with Crippen LogP contribution in [-0.4, -0.2) is 22.5 Å². The van der Waals surface area contributed by atoms with Crippen LogP contribution in [0.5, 0.6) is 5.75 Å². The van der Waals surface area contributed by atoms with Crippen LogP contribution in [0.4, 0.5) is 0 Å². The number of amides is 1. The summed E-state index contributed by atoms with van der Waals surface area (Å²) in [5.74, 6) is 0.714. The van der Waals surface area contributed by atoms with Crippen LogP contribution in [0.2, 0.25) is 0 Å². The van der Waals surface area contributed by atoms with Crippen LogP contribution >= 0.6 is 0 Å². The lowest BCUT2D eigenvalue weighted by atomic mass is 10.2. The molecule has 1 atom stereocenters. The van der Waals surface area contributed by atoms with E-state index in [1.54, 1.807) is 31.2 Å². The highest BCUT2D eigenvalue weighted by Gasteiger charge is 2.19. The predicted octanol–water partition coefficient (Wildman–Crippen LogP) is 3.56. The van der Waals surface area contributed by atoms with Crippen molar-refractivity contribution in [3.63, 3.8) is 0 Å². The smallest absolute Gasteiger partial charge is 0.287 e. The van der Waals surface area contributed by atoms with Crippen LogP contribution in [-0.2, 0) is 0 Å². The molecule has 142 valence electrons. The number of furan rings is 1. The number of aromatic nitrogens is 2. The summed E-state index contributed by atoms with van der Waals surface area (Å²) >= 11 is 0. The highest BCUT2D eigenvalue weighted by atomic mass is 16.5. The summed E-state index contributed by atoms with van der Waals surface area (Å²) in [6.07, 6.45) is 0. The van der Waals surface area contributed by atoms with Crippen LogP contribution in [0.25, 0.3) is 21.9 Å². The number of carbonyl (C=O) groups excluding carboxylic acids is 1. The summed E-state index contributed by atoms with van der Waals surface area (Å²) < 4.78 is 11.5. The number of aromatic amines is 1. The maximum atomic E-state index is 12.6. The Morgan fingerprint density at radius 1 is 1.25 bits per heavy atom. The summed E-state index contributed by atoms with van der Waals surface area (Å²) in [4.78, 5) is 31.5. The third kappa shape index (κ3) is 3.22. The van der Waals surface area contributed by atoms with Gasteiger partial charge in [-0.3, -0.25) is 9.59 Å². The van der Waals surface area contributed by atoms with Crippen LogP contribution in [0.1, 0.15) is 36.3 Å². The quantitative estimate of drug-likeness (QED) is 0.554. The average Bonchev–Trinajstić information content (AvgIpc) is 3.14. The SMILES string of the molecule is CCOc1cccc2cc([C@@H](C)NC(=O)c3nc4ccccc4c(=O)[nH]3)oc12. The van der Waals surface area contributed by atoms with Crippen LogP contribution in [0, 0.1) is 0 Å². The van der Waals surface area contributed by atoms with Gasteiger partial charge in [-0.2, -0.15) is 0 Å². The predicted molar refractivity (Wildman–Crippen MR) is 106 cm³/mol. The topological polar surface area (TPSA) is 97.2 Å². The molecule has 0 saturated carbocycles. The molecule has 0 aliphatic carbocycles. The Morgan fingerprint density at radius 3 is 2.89 bits per heavy atom. The van der Waals surface area contributed by atoms with Crippen molar-refractivity contribution in [2.75, 3.05) is 6.61 Å². The Labute approximate surface area is 160 Å². The van der Waals surface area contributed by atoms with Gasteiger partial charge in [0.1, 0.15) is 5.76 Å². The average molecular weight is 377 g/mol. The zero-order valence-electron chi connectivity index (χ0n) is 15.5. The summed E-state index contributed by atoms with van der Waals surface area (Å²) in [5, 5.41) is 4.14. The molecule has 28 heavy (non-hydrogen) atoms. The second kappa shape index (κ2) is 7.19. The molecule has 0 spiro atoms. The van der Waals surface area contributed by atoms with E-state index in [-0.39, 0.29) is 11.4 Å². The number of para-hydroxylation sites is 2. The van der Waals surface area contributed by atoms with Crippen LogP contribution in [0.15, 0.2) is 57.7 Å². The number of nitrogens with zero attached hydrogens (tertiary/aromatic N) is 1. The zero-order valence-corrected chi connectivity index (χ0v) is 15.5. The molecule has 0 aliphatic heterocycles. The van der Waals surface area contributed by atoms with Gasteiger partial charge in [0.15, 0.2) is 17.2 Å². The monoisotopic (exact) mass is 377 g/mol. The number of fused-ring (bicyclic) bond motifs is 2. The minimum absolute atomic E-state index is 0.0401. The minimum atomic E-state index is -0.485. The second-order valence-electron chi connectivity index (χ2n) is 6.38. The fraction of sp³-hybridized carbons (Fsp3) is 0.190. The van der Waals surface area contributed by atoms with Crippen molar-refractivity contribution in [1.82, 2.24) is 15.3 Å². The normalized spacial score (nSPS) is 12.2. The van der Waals surface area contributed by atoms with Crippen molar-refractivity contribution in [1.29, 1.82) is 0 Å². The first-order valence-electron chi connectivity index (χ1n) is 9.02. The number of hydrogen-bond donors (Lipinski definition) is 2. The van der Waals surface area contributed by atoms with Gasteiger partial charge in [-0.15, -0.1) is 0 Å². The number of rotatable bonds is 5. The molecule has 7 heteroatoms. The molecule has 0 bridgehead atoms. The van der Waals surface area contributed by atoms with Crippen molar-refractivity contribution in [2.45, 2.75) is 19.9 Å². The van der Waals surface area contributed by atoms with E-state index in [4.69, 9.17) is 9.15 Å². The maximum Gasteiger partial charge on any atom is 0.287 e. The molecule has 7 nitrogen and oxygen atoms in total. The molecule has 4 rings (SSSR count). The van der Waals surface area contributed by atoms with Crippen molar-refractivity contribution in [2.24, 2.45) is 0 Å². The Bertz CT molecular complexity index is 1230. The number of carbonyl (C=O) groups is 1. The number of nitrogens with one attached hydrogen (secondary N) is 2. The molecule has 2 aromatic heterocycles. The Kier molecular flexibility index (Phi) is 4.57. The summed E-state index contributed by atoms with van der Waals surface area (Å²) in [5.41, 5.74) is 0.750. The Morgan fingerprint density at radius 2 is 2.07 bits per heavy atom. The third-order valence-electron chi connectivity index (χ3n) is 4.43. The van der Waals surface area contributed by atoms with E-state index in [1.165, 1.54) is 0 Å². The number of benzene rings is 2. The molecule has 4 aromatic rings. The van der Waals surface area contributed by atoms with Gasteiger partial charge in [0.2, 0.25) is 0 Å². The van der Waals surface area contributed by atoms with Crippen molar-refractivity contribution >= 4 is 27.8 Å². The van der Waals surface area contributed by atoms with Gasteiger partial charge >= 0.3 is 0 Å².